The molecule has 1 saturated heterocycles. The number of nitrogens with one attached hydrogen (secondary N) is 2. The molecule has 0 aromatic rings. The minimum atomic E-state index is -0.0287. The van der Waals surface area contributed by atoms with Gasteiger partial charge in [-0.25, -0.2) is 4.79 Å². The van der Waals surface area contributed by atoms with E-state index in [9.17, 15) is 9.59 Å². The van der Waals surface area contributed by atoms with Gasteiger partial charge in [-0.05, 0) is 38.0 Å². The lowest BCUT2D eigenvalue weighted by Crippen LogP contribution is -2.43. The monoisotopic (exact) mass is 323 g/mol. The molecule has 3 amide bonds. The summed E-state index contributed by atoms with van der Waals surface area (Å²) >= 11 is 0. The van der Waals surface area contributed by atoms with E-state index < -0.39 is 0 Å². The largest absolute Gasteiger partial charge is 0.342 e. The lowest BCUT2D eigenvalue weighted by molar-refractivity contribution is -0.130. The lowest BCUT2D eigenvalue weighted by Gasteiger charge is -2.22. The maximum absolute atomic E-state index is 12.0. The van der Waals surface area contributed by atoms with E-state index in [1.165, 1.54) is 19.3 Å². The molecular weight excluding hydrogens is 290 g/mol. The van der Waals surface area contributed by atoms with E-state index in [1.54, 1.807) is 0 Å². The van der Waals surface area contributed by atoms with E-state index in [4.69, 9.17) is 0 Å². The molecule has 1 aliphatic heterocycles. The Balaban J connectivity index is 1.44. The van der Waals surface area contributed by atoms with Crippen LogP contribution in [0.1, 0.15) is 71.1 Å². The third-order valence-electron chi connectivity index (χ3n) is 5.07. The number of urea groups is 1. The summed E-state index contributed by atoms with van der Waals surface area (Å²) in [4.78, 5) is 25.8. The molecule has 5 heteroatoms. The summed E-state index contributed by atoms with van der Waals surface area (Å²) in [5.41, 5.74) is 0. The van der Waals surface area contributed by atoms with Gasteiger partial charge in [0, 0.05) is 32.1 Å². The van der Waals surface area contributed by atoms with Gasteiger partial charge in [0.25, 0.3) is 0 Å². The molecule has 0 radical (unpaired) electrons. The Bertz CT molecular complexity index is 380. The molecule has 5 nitrogen and oxygen atoms in total. The highest BCUT2D eigenvalue weighted by Gasteiger charge is 2.22. The summed E-state index contributed by atoms with van der Waals surface area (Å²) in [6, 6.07) is 0.336. The number of carbonyl (C=O) groups excluding carboxylic acids is 2. The van der Waals surface area contributed by atoms with Crippen molar-refractivity contribution in [3.05, 3.63) is 0 Å². The topological polar surface area (TPSA) is 61.4 Å². The molecule has 2 N–H and O–H groups in total. The summed E-state index contributed by atoms with van der Waals surface area (Å²) in [6.07, 6.45) is 10.7. The normalized spacial score (nSPS) is 22.1. The molecule has 2 rings (SSSR count). The average molecular weight is 323 g/mol. The molecular formula is C18H33N3O2. The summed E-state index contributed by atoms with van der Waals surface area (Å²) in [5.74, 6) is 0.961. The molecule has 2 aliphatic rings. The second kappa shape index (κ2) is 9.78. The molecule has 132 valence electrons. The van der Waals surface area contributed by atoms with E-state index in [0.717, 1.165) is 51.6 Å². The van der Waals surface area contributed by atoms with Crippen LogP contribution in [0.5, 0.6) is 0 Å². The highest BCUT2D eigenvalue weighted by atomic mass is 16.2. The van der Waals surface area contributed by atoms with Crippen LogP contribution in [-0.2, 0) is 4.79 Å². The highest BCUT2D eigenvalue weighted by Crippen LogP contribution is 2.17. The van der Waals surface area contributed by atoms with Crippen molar-refractivity contribution >= 4 is 11.9 Å². The molecule has 1 saturated carbocycles. The summed E-state index contributed by atoms with van der Waals surface area (Å²) < 4.78 is 0. The van der Waals surface area contributed by atoms with Crippen molar-refractivity contribution in [2.75, 3.05) is 19.6 Å². The van der Waals surface area contributed by atoms with E-state index in [2.05, 4.69) is 17.6 Å². The van der Waals surface area contributed by atoms with Gasteiger partial charge in [-0.15, -0.1) is 0 Å². The van der Waals surface area contributed by atoms with Crippen molar-refractivity contribution in [3.63, 3.8) is 0 Å². The standard InChI is InChI=1S/C18H33N3O2/c1-15-11-13-21(14-15)17(22)10-6-3-7-12-19-18(23)20-16-8-4-2-5-9-16/h15-16H,2-14H2,1H3,(H2,19,20,23). The Labute approximate surface area is 140 Å². The van der Waals surface area contributed by atoms with Crippen LogP contribution in [-0.4, -0.2) is 42.5 Å². The van der Waals surface area contributed by atoms with Crippen molar-refractivity contribution < 1.29 is 9.59 Å². The Morgan fingerprint density at radius 2 is 1.83 bits per heavy atom. The fourth-order valence-corrected chi connectivity index (χ4v) is 3.58. The first-order valence-electron chi connectivity index (χ1n) is 9.47. The van der Waals surface area contributed by atoms with Crippen LogP contribution >= 0.6 is 0 Å². The summed E-state index contributed by atoms with van der Waals surface area (Å²) in [7, 11) is 0. The zero-order chi connectivity index (χ0) is 16.5. The number of hydrogen-bond donors (Lipinski definition) is 2. The van der Waals surface area contributed by atoms with E-state index in [-0.39, 0.29) is 6.03 Å². The third-order valence-corrected chi connectivity index (χ3v) is 5.07. The zero-order valence-electron chi connectivity index (χ0n) is 14.6. The quantitative estimate of drug-likeness (QED) is 0.707. The first kappa shape index (κ1) is 18.1. The molecule has 23 heavy (non-hydrogen) atoms. The zero-order valence-corrected chi connectivity index (χ0v) is 14.6. The van der Waals surface area contributed by atoms with E-state index in [1.807, 2.05) is 4.90 Å². The van der Waals surface area contributed by atoms with Crippen molar-refractivity contribution in [2.45, 2.75) is 77.2 Å². The van der Waals surface area contributed by atoms with Gasteiger partial charge < -0.3 is 15.5 Å². The Morgan fingerprint density at radius 1 is 1.04 bits per heavy atom. The van der Waals surface area contributed by atoms with Gasteiger partial charge in [-0.2, -0.15) is 0 Å². The van der Waals surface area contributed by atoms with Crippen LogP contribution in [0.2, 0.25) is 0 Å². The predicted octanol–water partition coefficient (Wildman–Crippen LogP) is 3.05. The van der Waals surface area contributed by atoms with Gasteiger partial charge in [0.1, 0.15) is 0 Å². The number of nitrogens with zero attached hydrogens (tertiary/aromatic N) is 1. The SMILES string of the molecule is CC1CCN(C(=O)CCCCCNC(=O)NC2CCCCC2)C1. The summed E-state index contributed by atoms with van der Waals surface area (Å²) in [5, 5.41) is 5.99. The fourth-order valence-electron chi connectivity index (χ4n) is 3.58. The van der Waals surface area contributed by atoms with Gasteiger partial charge in [0.15, 0.2) is 0 Å². The molecule has 1 aliphatic carbocycles. The number of hydrogen-bond acceptors (Lipinski definition) is 2. The second-order valence-electron chi connectivity index (χ2n) is 7.28. The first-order chi connectivity index (χ1) is 11.1. The molecule has 0 aromatic heterocycles. The van der Waals surface area contributed by atoms with E-state index >= 15 is 0 Å². The first-order valence-corrected chi connectivity index (χ1v) is 9.47. The van der Waals surface area contributed by atoms with Gasteiger partial charge in [0.2, 0.25) is 5.91 Å². The van der Waals surface area contributed by atoms with Crippen LogP contribution < -0.4 is 10.6 Å². The molecule has 0 spiro atoms. The smallest absolute Gasteiger partial charge is 0.315 e. The number of carbonyl (C=O) groups is 2. The third kappa shape index (κ3) is 6.80. The number of unbranched alkanes of at least 4 members (excludes halogenated alkanes) is 2. The maximum atomic E-state index is 12.0. The number of amides is 3. The molecule has 1 heterocycles. The van der Waals surface area contributed by atoms with Crippen molar-refractivity contribution in [2.24, 2.45) is 5.92 Å². The minimum Gasteiger partial charge on any atom is -0.342 e. The Morgan fingerprint density at radius 3 is 2.52 bits per heavy atom. The molecule has 1 atom stereocenters. The summed E-state index contributed by atoms with van der Waals surface area (Å²) in [6.45, 7) is 4.77. The van der Waals surface area contributed by atoms with Gasteiger partial charge in [-0.3, -0.25) is 4.79 Å². The van der Waals surface area contributed by atoms with Crippen molar-refractivity contribution in [3.8, 4) is 0 Å². The lowest BCUT2D eigenvalue weighted by atomic mass is 9.96. The number of rotatable bonds is 7. The predicted molar refractivity (Wildman–Crippen MR) is 92.2 cm³/mol. The average Bonchev–Trinajstić information content (AvgIpc) is 2.98. The number of likely N-dealkylation sites (tertiary alicyclic amines) is 1. The van der Waals surface area contributed by atoms with Crippen LogP contribution in [0, 0.1) is 5.92 Å². The molecule has 2 fully saturated rings. The fraction of sp³-hybridized carbons (Fsp3) is 0.889. The van der Waals surface area contributed by atoms with Gasteiger partial charge in [-0.1, -0.05) is 32.6 Å². The van der Waals surface area contributed by atoms with Crippen molar-refractivity contribution in [1.29, 1.82) is 0 Å². The van der Waals surface area contributed by atoms with Crippen molar-refractivity contribution in [1.82, 2.24) is 15.5 Å². The Hall–Kier alpha value is -1.26. The van der Waals surface area contributed by atoms with Gasteiger partial charge >= 0.3 is 6.03 Å². The molecule has 0 bridgehead atoms. The van der Waals surface area contributed by atoms with Crippen LogP contribution in [0.15, 0.2) is 0 Å². The maximum Gasteiger partial charge on any atom is 0.315 e. The van der Waals surface area contributed by atoms with E-state index in [0.29, 0.717) is 30.8 Å². The van der Waals surface area contributed by atoms with Crippen LogP contribution in [0.25, 0.3) is 0 Å². The molecule has 0 aromatic carbocycles. The van der Waals surface area contributed by atoms with Gasteiger partial charge in [0.05, 0.1) is 0 Å². The second-order valence-corrected chi connectivity index (χ2v) is 7.28. The van der Waals surface area contributed by atoms with Crippen LogP contribution in [0.3, 0.4) is 0 Å². The Kier molecular flexibility index (Phi) is 7.69. The minimum absolute atomic E-state index is 0.0287. The highest BCUT2D eigenvalue weighted by molar-refractivity contribution is 5.76. The van der Waals surface area contributed by atoms with Crippen LogP contribution in [0.4, 0.5) is 4.79 Å². The molecule has 1 unspecified atom stereocenters.